The molecule has 4 rings (SSSR count). The van der Waals surface area contributed by atoms with Gasteiger partial charge in [-0.25, -0.2) is 4.79 Å². The highest BCUT2D eigenvalue weighted by molar-refractivity contribution is 6.98. The van der Waals surface area contributed by atoms with Gasteiger partial charge in [0.25, 0.3) is 8.32 Å². The van der Waals surface area contributed by atoms with Crippen molar-refractivity contribution in [1.29, 1.82) is 0 Å². The Hall–Kier alpha value is -4.14. The second-order valence-electron chi connectivity index (χ2n) is 12.6. The fraction of sp³-hybridized carbons (Fsp3) is 0.351. The molecule has 0 aliphatic carbocycles. The number of benzene rings is 3. The first-order valence-corrected chi connectivity index (χ1v) is 17.5. The fourth-order valence-corrected chi connectivity index (χ4v) is 9.88. The molecule has 1 N–H and O–H groups in total. The summed E-state index contributed by atoms with van der Waals surface area (Å²) in [6.07, 6.45) is 2.50. The number of likely N-dealkylation sites (N-methyl/N-ethyl adjacent to an activating group) is 2. The summed E-state index contributed by atoms with van der Waals surface area (Å²) in [5, 5.41) is 1.51. The monoisotopic (exact) mass is 626 g/mol. The zero-order chi connectivity index (χ0) is 32.6. The molecule has 3 aromatic carbocycles. The molecular formula is C37H46N2O5Si. The highest BCUT2D eigenvalue weighted by Crippen LogP contribution is 2.43. The van der Waals surface area contributed by atoms with Crippen LogP contribution in [0.25, 0.3) is 0 Å². The summed E-state index contributed by atoms with van der Waals surface area (Å²) in [5.41, 5.74) is 0.875. The van der Waals surface area contributed by atoms with Crippen molar-refractivity contribution in [3.05, 3.63) is 121 Å². The molecule has 0 spiro atoms. The van der Waals surface area contributed by atoms with Crippen LogP contribution in [-0.2, 0) is 16.1 Å². The minimum atomic E-state index is -3.19. The smallest absolute Gasteiger partial charge is 0.410 e. The quantitative estimate of drug-likeness (QED) is 0.174. The Labute approximate surface area is 268 Å². The number of furan rings is 1. The largest absolute Gasteiger partial charge is 0.467 e. The number of carbonyl (C=O) groups is 2. The Morgan fingerprint density at radius 1 is 0.822 bits per heavy atom. The molecule has 0 saturated heterocycles. The standard InChI is InChI=1S/C37H46N2O5Si/c1-28(24-25-37(3,4)45(42,31-19-12-8-13-20-31)32-21-14-9-15-22-32)34(33-23-16-26-43-33)39(6)35(40)29(2)38(5)36(41)44-27-30-17-10-7-11-18-30/h7-23,26,28-29,34,42H,24-25,27H2,1-6H3/t28-,29+,34-/m0/s1. The average Bonchev–Trinajstić information content (AvgIpc) is 3.60. The maximum atomic E-state index is 13.8. The molecule has 238 valence electrons. The van der Waals surface area contributed by atoms with Crippen LogP contribution in [0.5, 0.6) is 0 Å². The molecule has 0 bridgehead atoms. The van der Waals surface area contributed by atoms with Gasteiger partial charge in [0.05, 0.1) is 12.3 Å². The van der Waals surface area contributed by atoms with Gasteiger partial charge < -0.3 is 18.8 Å². The third kappa shape index (κ3) is 7.57. The van der Waals surface area contributed by atoms with Crippen molar-refractivity contribution < 1.29 is 23.5 Å². The third-order valence-electron chi connectivity index (χ3n) is 9.16. The Kier molecular flexibility index (Phi) is 11.1. The average molecular weight is 627 g/mol. The third-order valence-corrected chi connectivity index (χ3v) is 13.7. The topological polar surface area (TPSA) is 83.2 Å². The van der Waals surface area contributed by atoms with Crippen molar-refractivity contribution in [1.82, 2.24) is 9.80 Å². The Morgan fingerprint density at radius 3 is 1.87 bits per heavy atom. The lowest BCUT2D eigenvalue weighted by atomic mass is 9.90. The van der Waals surface area contributed by atoms with E-state index in [4.69, 9.17) is 9.15 Å². The highest BCUT2D eigenvalue weighted by atomic mass is 28.4. The van der Waals surface area contributed by atoms with Gasteiger partial charge >= 0.3 is 6.09 Å². The van der Waals surface area contributed by atoms with Crippen LogP contribution in [0.3, 0.4) is 0 Å². The molecule has 1 aromatic heterocycles. The van der Waals surface area contributed by atoms with E-state index in [1.165, 1.54) is 4.90 Å². The molecule has 8 heteroatoms. The number of amides is 2. The number of carbonyl (C=O) groups excluding carboxylic acids is 2. The summed E-state index contributed by atoms with van der Waals surface area (Å²) in [6.45, 7) is 8.26. The summed E-state index contributed by atoms with van der Waals surface area (Å²) >= 11 is 0. The van der Waals surface area contributed by atoms with Gasteiger partial charge in [-0.1, -0.05) is 112 Å². The number of nitrogens with zero attached hydrogens (tertiary/aromatic N) is 2. The predicted molar refractivity (Wildman–Crippen MR) is 181 cm³/mol. The van der Waals surface area contributed by atoms with Gasteiger partial charge in [-0.3, -0.25) is 9.69 Å². The summed E-state index contributed by atoms with van der Waals surface area (Å²) in [5.74, 6) is 0.439. The molecule has 0 radical (unpaired) electrons. The van der Waals surface area contributed by atoms with Crippen molar-refractivity contribution in [2.24, 2.45) is 5.92 Å². The summed E-state index contributed by atoms with van der Waals surface area (Å²) in [6, 6.07) is 32.0. The van der Waals surface area contributed by atoms with Crippen molar-refractivity contribution >= 4 is 30.7 Å². The molecule has 2 amide bonds. The number of rotatable bonds is 13. The molecule has 0 aliphatic rings. The van der Waals surface area contributed by atoms with Gasteiger partial charge in [0.1, 0.15) is 18.4 Å². The van der Waals surface area contributed by atoms with Crippen molar-refractivity contribution in [2.75, 3.05) is 14.1 Å². The van der Waals surface area contributed by atoms with Gasteiger partial charge in [0, 0.05) is 14.1 Å². The van der Waals surface area contributed by atoms with Crippen molar-refractivity contribution in [2.45, 2.75) is 64.3 Å². The van der Waals surface area contributed by atoms with Crippen molar-refractivity contribution in [3.8, 4) is 0 Å². The number of ether oxygens (including phenoxy) is 1. The molecule has 45 heavy (non-hydrogen) atoms. The summed E-state index contributed by atoms with van der Waals surface area (Å²) < 4.78 is 11.3. The zero-order valence-corrected chi connectivity index (χ0v) is 28.2. The molecule has 1 heterocycles. The first kappa shape index (κ1) is 33.7. The summed E-state index contributed by atoms with van der Waals surface area (Å²) in [4.78, 5) is 42.3. The van der Waals surface area contributed by atoms with Crippen LogP contribution in [0.4, 0.5) is 4.79 Å². The normalized spacial score (nSPS) is 13.8. The lowest BCUT2D eigenvalue weighted by Crippen LogP contribution is -2.65. The molecule has 4 aromatic rings. The lowest BCUT2D eigenvalue weighted by molar-refractivity contribution is -0.138. The molecule has 7 nitrogen and oxygen atoms in total. The second-order valence-corrected chi connectivity index (χ2v) is 16.5. The Balaban J connectivity index is 1.51. The highest BCUT2D eigenvalue weighted by Gasteiger charge is 2.50. The Bertz CT molecular complexity index is 1460. The van der Waals surface area contributed by atoms with Crippen LogP contribution in [-0.4, -0.2) is 55.1 Å². The van der Waals surface area contributed by atoms with Crippen LogP contribution in [0.15, 0.2) is 114 Å². The summed E-state index contributed by atoms with van der Waals surface area (Å²) in [7, 11) is 0.153. The molecule has 0 aliphatic heterocycles. The molecule has 0 unspecified atom stereocenters. The second kappa shape index (κ2) is 14.8. The minimum Gasteiger partial charge on any atom is -0.467 e. The number of hydrogen-bond acceptors (Lipinski definition) is 5. The van der Waals surface area contributed by atoms with Gasteiger partial charge in [-0.05, 0) is 58.8 Å². The molecular weight excluding hydrogens is 581 g/mol. The van der Waals surface area contributed by atoms with Crippen LogP contribution < -0.4 is 10.4 Å². The molecule has 3 atom stereocenters. The van der Waals surface area contributed by atoms with Crippen LogP contribution in [0.2, 0.25) is 5.04 Å². The van der Waals surface area contributed by atoms with Crippen LogP contribution in [0, 0.1) is 5.92 Å². The fourth-order valence-electron chi connectivity index (χ4n) is 6.12. The van der Waals surface area contributed by atoms with E-state index in [-0.39, 0.29) is 24.5 Å². The minimum absolute atomic E-state index is 0.0169. The SMILES string of the molecule is C[C@H](C(=O)N(C)[C@H](c1ccco1)[C@@H](C)CCC(C)(C)[Si](O)(c1ccccc1)c1ccccc1)N(C)C(=O)OCc1ccccc1. The van der Waals surface area contributed by atoms with E-state index >= 15 is 0 Å². The zero-order valence-electron chi connectivity index (χ0n) is 27.2. The van der Waals surface area contributed by atoms with E-state index in [0.29, 0.717) is 5.76 Å². The predicted octanol–water partition coefficient (Wildman–Crippen LogP) is 6.38. The van der Waals surface area contributed by atoms with Gasteiger partial charge in [0.15, 0.2) is 0 Å². The van der Waals surface area contributed by atoms with E-state index in [2.05, 4.69) is 20.8 Å². The van der Waals surface area contributed by atoms with E-state index < -0.39 is 25.5 Å². The lowest BCUT2D eigenvalue weighted by Gasteiger charge is -2.42. The molecule has 0 fully saturated rings. The van der Waals surface area contributed by atoms with Crippen molar-refractivity contribution in [3.63, 3.8) is 0 Å². The first-order valence-electron chi connectivity index (χ1n) is 15.5. The Morgan fingerprint density at radius 2 is 1.36 bits per heavy atom. The molecule has 0 saturated carbocycles. The first-order chi connectivity index (χ1) is 21.5. The van der Waals surface area contributed by atoms with Gasteiger partial charge in [-0.2, -0.15) is 0 Å². The van der Waals surface area contributed by atoms with E-state index in [9.17, 15) is 14.4 Å². The maximum Gasteiger partial charge on any atom is 0.410 e. The van der Waals surface area contributed by atoms with Crippen LogP contribution >= 0.6 is 0 Å². The van der Waals surface area contributed by atoms with Gasteiger partial charge in [-0.15, -0.1) is 0 Å². The maximum absolute atomic E-state index is 13.8. The van der Waals surface area contributed by atoms with E-state index in [0.717, 1.165) is 28.8 Å². The van der Waals surface area contributed by atoms with Gasteiger partial charge in [0.2, 0.25) is 5.91 Å². The van der Waals surface area contributed by atoms with Crippen LogP contribution in [0.1, 0.15) is 57.9 Å². The van der Waals surface area contributed by atoms with E-state index in [1.807, 2.05) is 103 Å². The number of hydrogen-bond donors (Lipinski definition) is 1. The van der Waals surface area contributed by atoms with E-state index in [1.54, 1.807) is 32.2 Å².